The molecule has 4 atom stereocenters. The summed E-state index contributed by atoms with van der Waals surface area (Å²) in [5, 5.41) is 14.1. The summed E-state index contributed by atoms with van der Waals surface area (Å²) in [5.74, 6) is -3.14. The molecule has 1 aromatic carbocycles. The Hall–Kier alpha value is -2.43. The van der Waals surface area contributed by atoms with Crippen LogP contribution in [-0.4, -0.2) is 17.7 Å². The first-order chi connectivity index (χ1) is 10.5. The number of Topliss-reactive ketones (excluding diaryl/α,β-unsaturated/α-hetero) is 1. The molecule has 0 heterocycles. The molecule has 114 valence electrons. The van der Waals surface area contributed by atoms with Crippen molar-refractivity contribution in [3.05, 3.63) is 42.0 Å². The maximum atomic E-state index is 12.5. The Kier molecular flexibility index (Phi) is 3.56. The van der Waals surface area contributed by atoms with Gasteiger partial charge < -0.3 is 15.2 Å². The van der Waals surface area contributed by atoms with Crippen molar-refractivity contribution in [1.82, 2.24) is 0 Å². The van der Waals surface area contributed by atoms with Crippen molar-refractivity contribution in [1.29, 1.82) is 0 Å². The molecule has 0 aliphatic heterocycles. The molecule has 0 spiro atoms. The topological polar surface area (TPSA) is 86.3 Å². The number of rotatable bonds is 4. The number of hydrogen-bond donors (Lipinski definition) is 1. The lowest BCUT2D eigenvalue weighted by Gasteiger charge is -2.27. The lowest BCUT2D eigenvalue weighted by Crippen LogP contribution is -2.42. The third-order valence-electron chi connectivity index (χ3n) is 4.57. The average Bonchev–Trinajstić information content (AvgIpc) is 3.07. The van der Waals surface area contributed by atoms with Crippen LogP contribution < -0.4 is 10.4 Å². The Bertz CT molecular complexity index is 679. The van der Waals surface area contributed by atoms with E-state index in [1.165, 1.54) is 6.92 Å². The van der Waals surface area contributed by atoms with Crippen LogP contribution >= 0.6 is 0 Å². The van der Waals surface area contributed by atoms with Gasteiger partial charge in [-0.2, -0.15) is 0 Å². The minimum atomic E-state index is -1.17. The Balaban J connectivity index is 1.80. The molecule has 5 nitrogen and oxygen atoms in total. The van der Waals surface area contributed by atoms with Gasteiger partial charge in [-0.25, -0.2) is 0 Å². The van der Waals surface area contributed by atoms with E-state index in [1.807, 2.05) is 12.2 Å². The van der Waals surface area contributed by atoms with Gasteiger partial charge in [0.05, 0.1) is 5.92 Å². The molecular formula is C17H16NO4-. The van der Waals surface area contributed by atoms with Gasteiger partial charge in [-0.05, 0) is 37.3 Å². The number of aliphatic carboxylic acids is 1. The van der Waals surface area contributed by atoms with E-state index >= 15 is 0 Å². The zero-order valence-electron chi connectivity index (χ0n) is 12.1. The summed E-state index contributed by atoms with van der Waals surface area (Å²) < 4.78 is 0. The first-order valence-corrected chi connectivity index (χ1v) is 7.28. The summed E-state index contributed by atoms with van der Waals surface area (Å²) in [7, 11) is 0. The molecular weight excluding hydrogens is 282 g/mol. The number of allylic oxidation sites excluding steroid dienone is 2. The molecule has 0 aromatic heterocycles. The molecule has 0 saturated heterocycles. The number of benzene rings is 1. The van der Waals surface area contributed by atoms with Crippen LogP contribution in [0.15, 0.2) is 36.4 Å². The minimum absolute atomic E-state index is 0.0520. The first-order valence-electron chi connectivity index (χ1n) is 7.28. The molecule has 1 amide bonds. The number of carbonyl (C=O) groups is 3. The van der Waals surface area contributed by atoms with Gasteiger partial charge in [-0.3, -0.25) is 9.59 Å². The molecule has 0 radical (unpaired) electrons. The second kappa shape index (κ2) is 5.40. The highest BCUT2D eigenvalue weighted by molar-refractivity contribution is 5.99. The molecule has 1 fully saturated rings. The van der Waals surface area contributed by atoms with Gasteiger partial charge in [-0.15, -0.1) is 0 Å². The molecule has 2 bridgehead atoms. The highest BCUT2D eigenvalue weighted by Gasteiger charge is 2.48. The van der Waals surface area contributed by atoms with Crippen LogP contribution in [-0.2, 0) is 9.59 Å². The number of fused-ring (bicyclic) bond motifs is 2. The summed E-state index contributed by atoms with van der Waals surface area (Å²) in [5.41, 5.74) is 1.00. The number of carboxylic acids is 1. The number of ketones is 1. The highest BCUT2D eigenvalue weighted by atomic mass is 16.4. The molecule has 0 unspecified atom stereocenters. The molecule has 2 aliphatic rings. The SMILES string of the molecule is CC(=O)c1cccc(NC(=O)[C@H]2[C@@H](C(=O)[O-])[C@H]3C=C[C@H]2C3)c1. The van der Waals surface area contributed by atoms with Crippen LogP contribution in [0.3, 0.4) is 0 Å². The third kappa shape index (κ3) is 2.43. The van der Waals surface area contributed by atoms with Gasteiger partial charge >= 0.3 is 0 Å². The van der Waals surface area contributed by atoms with Crippen LogP contribution in [0, 0.1) is 23.7 Å². The molecule has 22 heavy (non-hydrogen) atoms. The summed E-state index contributed by atoms with van der Waals surface area (Å²) >= 11 is 0. The van der Waals surface area contributed by atoms with Gasteiger partial charge in [0.25, 0.3) is 0 Å². The zero-order valence-corrected chi connectivity index (χ0v) is 12.1. The van der Waals surface area contributed by atoms with Gasteiger partial charge in [0.1, 0.15) is 0 Å². The van der Waals surface area contributed by atoms with Gasteiger partial charge in [0, 0.05) is 23.1 Å². The Morgan fingerprint density at radius 3 is 2.45 bits per heavy atom. The molecule has 1 aromatic rings. The number of hydrogen-bond acceptors (Lipinski definition) is 4. The van der Waals surface area contributed by atoms with Crippen molar-refractivity contribution in [2.45, 2.75) is 13.3 Å². The van der Waals surface area contributed by atoms with Crippen LogP contribution in [0.25, 0.3) is 0 Å². The number of anilines is 1. The van der Waals surface area contributed by atoms with Crippen LogP contribution in [0.5, 0.6) is 0 Å². The van der Waals surface area contributed by atoms with Gasteiger partial charge in [0.15, 0.2) is 5.78 Å². The summed E-state index contributed by atoms with van der Waals surface area (Å²) in [6.45, 7) is 1.45. The zero-order chi connectivity index (χ0) is 15.9. The van der Waals surface area contributed by atoms with Gasteiger partial charge in [-0.1, -0.05) is 24.3 Å². The fourth-order valence-electron chi connectivity index (χ4n) is 3.54. The normalized spacial score (nSPS) is 28.6. The number of nitrogens with one attached hydrogen (secondary N) is 1. The quantitative estimate of drug-likeness (QED) is 0.664. The molecule has 3 rings (SSSR count). The average molecular weight is 298 g/mol. The lowest BCUT2D eigenvalue weighted by molar-refractivity contribution is -0.313. The predicted molar refractivity (Wildman–Crippen MR) is 77.8 cm³/mol. The van der Waals surface area contributed by atoms with Crippen molar-refractivity contribution in [3.63, 3.8) is 0 Å². The van der Waals surface area contributed by atoms with E-state index in [4.69, 9.17) is 0 Å². The first kappa shape index (κ1) is 14.5. The molecule has 5 heteroatoms. The van der Waals surface area contributed by atoms with Crippen LogP contribution in [0.4, 0.5) is 5.69 Å². The smallest absolute Gasteiger partial charge is 0.228 e. The van der Waals surface area contributed by atoms with Crippen molar-refractivity contribution in [3.8, 4) is 0 Å². The van der Waals surface area contributed by atoms with E-state index in [2.05, 4.69) is 5.32 Å². The lowest BCUT2D eigenvalue weighted by atomic mass is 9.82. The summed E-state index contributed by atoms with van der Waals surface area (Å²) in [4.78, 5) is 35.2. The third-order valence-corrected chi connectivity index (χ3v) is 4.57. The summed E-state index contributed by atoms with van der Waals surface area (Å²) in [6, 6.07) is 6.63. The standard InChI is InChI=1S/C17H17NO4/c1-9(19)10-3-2-4-13(8-10)18-16(20)14-11-5-6-12(7-11)15(14)17(21)22/h2-6,8,11-12,14-15H,7H2,1H3,(H,18,20)(H,21,22)/p-1/t11-,12-,14+,15-/m0/s1. The second-order valence-electron chi connectivity index (χ2n) is 5.95. The van der Waals surface area contributed by atoms with Crippen molar-refractivity contribution < 1.29 is 19.5 Å². The molecule has 2 aliphatic carbocycles. The molecule has 1 N–H and O–H groups in total. The van der Waals surface area contributed by atoms with E-state index < -0.39 is 17.8 Å². The Labute approximate surface area is 128 Å². The Morgan fingerprint density at radius 2 is 1.82 bits per heavy atom. The maximum Gasteiger partial charge on any atom is 0.228 e. The monoisotopic (exact) mass is 298 g/mol. The number of amides is 1. The van der Waals surface area contributed by atoms with E-state index in [-0.39, 0.29) is 23.5 Å². The fraction of sp³-hybridized carbons (Fsp3) is 0.353. The van der Waals surface area contributed by atoms with E-state index in [1.54, 1.807) is 24.3 Å². The molecule has 1 saturated carbocycles. The van der Waals surface area contributed by atoms with Crippen LogP contribution in [0.1, 0.15) is 23.7 Å². The fourth-order valence-corrected chi connectivity index (χ4v) is 3.54. The van der Waals surface area contributed by atoms with E-state index in [9.17, 15) is 19.5 Å². The number of carbonyl (C=O) groups excluding carboxylic acids is 3. The van der Waals surface area contributed by atoms with Crippen molar-refractivity contribution in [2.75, 3.05) is 5.32 Å². The van der Waals surface area contributed by atoms with Gasteiger partial charge in [0.2, 0.25) is 5.91 Å². The van der Waals surface area contributed by atoms with Crippen LogP contribution in [0.2, 0.25) is 0 Å². The van der Waals surface area contributed by atoms with E-state index in [0.717, 1.165) is 0 Å². The van der Waals surface area contributed by atoms with Crippen molar-refractivity contribution in [2.24, 2.45) is 23.7 Å². The van der Waals surface area contributed by atoms with Crippen molar-refractivity contribution >= 4 is 23.3 Å². The highest BCUT2D eigenvalue weighted by Crippen LogP contribution is 2.48. The minimum Gasteiger partial charge on any atom is -0.550 e. The second-order valence-corrected chi connectivity index (χ2v) is 5.95. The Morgan fingerprint density at radius 1 is 1.14 bits per heavy atom. The largest absolute Gasteiger partial charge is 0.550 e. The summed E-state index contributed by atoms with van der Waals surface area (Å²) in [6.07, 6.45) is 4.47. The predicted octanol–water partition coefficient (Wildman–Crippen LogP) is 1.02. The van der Waals surface area contributed by atoms with E-state index in [0.29, 0.717) is 17.7 Å². The number of carboxylic acid groups (broad SMARTS) is 1. The maximum absolute atomic E-state index is 12.5.